The lowest BCUT2D eigenvalue weighted by molar-refractivity contribution is 0.0512. The minimum Gasteiger partial charge on any atom is -0.461 e. The Morgan fingerprint density at radius 1 is 1.73 bits per heavy atom. The summed E-state index contributed by atoms with van der Waals surface area (Å²) in [5.74, 6) is -0.376. The number of halogens is 2. The third-order valence-corrected chi connectivity index (χ3v) is 1.96. The highest BCUT2D eigenvalue weighted by molar-refractivity contribution is 9.10. The molecule has 0 radical (unpaired) electrons. The molecule has 0 spiro atoms. The van der Waals surface area contributed by atoms with Gasteiger partial charge in [-0.1, -0.05) is 0 Å². The predicted octanol–water partition coefficient (Wildman–Crippen LogP) is 1.20. The molecule has 5 nitrogen and oxygen atoms in total. The van der Waals surface area contributed by atoms with Crippen LogP contribution in [-0.2, 0) is 11.3 Å². The van der Waals surface area contributed by atoms with Crippen LogP contribution in [-0.4, -0.2) is 28.9 Å². The molecule has 0 aliphatic rings. The molecule has 2 N–H and O–H groups in total. The van der Waals surface area contributed by atoms with Gasteiger partial charge in [-0.2, -0.15) is 5.10 Å². The zero-order valence-corrected chi connectivity index (χ0v) is 10.7. The van der Waals surface area contributed by atoms with Crippen molar-refractivity contribution in [3.8, 4) is 0 Å². The van der Waals surface area contributed by atoms with Gasteiger partial charge in [0.15, 0.2) is 0 Å². The van der Waals surface area contributed by atoms with Gasteiger partial charge in [-0.3, -0.25) is 4.68 Å². The third kappa shape index (κ3) is 3.81. The van der Waals surface area contributed by atoms with Crippen LogP contribution in [0.5, 0.6) is 0 Å². The second kappa shape index (κ2) is 6.81. The molecule has 0 aromatic carbocycles. The van der Waals surface area contributed by atoms with Crippen molar-refractivity contribution < 1.29 is 9.53 Å². The summed E-state index contributed by atoms with van der Waals surface area (Å²) in [6.45, 7) is 3.04. The summed E-state index contributed by atoms with van der Waals surface area (Å²) in [5.41, 5.74) is 5.81. The highest BCUT2D eigenvalue weighted by Gasteiger charge is 2.14. The first-order valence-corrected chi connectivity index (χ1v) is 5.09. The molecule has 0 aliphatic carbocycles. The highest BCUT2D eigenvalue weighted by Crippen LogP contribution is 2.11. The molecule has 1 rings (SSSR count). The summed E-state index contributed by atoms with van der Waals surface area (Å²) in [6.07, 6.45) is 0. The van der Waals surface area contributed by atoms with Gasteiger partial charge in [0.25, 0.3) is 0 Å². The van der Waals surface area contributed by atoms with Crippen LogP contribution in [0.2, 0.25) is 0 Å². The molecule has 0 amide bonds. The monoisotopic (exact) mass is 297 g/mol. The Balaban J connectivity index is 0.00000196. The molecule has 0 bridgehead atoms. The smallest absolute Gasteiger partial charge is 0.356 e. The zero-order valence-electron chi connectivity index (χ0n) is 8.27. The summed E-state index contributed by atoms with van der Waals surface area (Å²) in [5, 5.41) is 4.06. The first-order chi connectivity index (χ1) is 6.69. The molecule has 0 aliphatic heterocycles. The van der Waals surface area contributed by atoms with Crippen molar-refractivity contribution in [3.63, 3.8) is 0 Å². The topological polar surface area (TPSA) is 70.1 Å². The largest absolute Gasteiger partial charge is 0.461 e. The summed E-state index contributed by atoms with van der Waals surface area (Å²) in [7, 11) is 0. The van der Waals surface area contributed by atoms with E-state index in [1.807, 2.05) is 0 Å². The number of ether oxygens (including phenoxy) is 1. The average molecular weight is 299 g/mol. The quantitative estimate of drug-likeness (QED) is 0.848. The Morgan fingerprint density at radius 3 is 2.93 bits per heavy atom. The van der Waals surface area contributed by atoms with Crippen LogP contribution in [0.15, 0.2) is 10.7 Å². The van der Waals surface area contributed by atoms with Gasteiger partial charge in [-0.25, -0.2) is 4.79 Å². The van der Waals surface area contributed by atoms with Gasteiger partial charge in [-0.05, 0) is 22.9 Å². The van der Waals surface area contributed by atoms with E-state index in [2.05, 4.69) is 21.0 Å². The molecule has 0 fully saturated rings. The summed E-state index contributed by atoms with van der Waals surface area (Å²) >= 11 is 3.19. The Morgan fingerprint density at radius 2 is 2.40 bits per heavy atom. The number of aromatic nitrogens is 2. The van der Waals surface area contributed by atoms with E-state index < -0.39 is 0 Å². The van der Waals surface area contributed by atoms with Gasteiger partial charge in [0.1, 0.15) is 10.3 Å². The second-order valence-electron chi connectivity index (χ2n) is 2.58. The molecule has 7 heteroatoms. The van der Waals surface area contributed by atoms with Crippen molar-refractivity contribution in [2.75, 3.05) is 13.2 Å². The molecular weight excluding hydrogens is 285 g/mol. The number of rotatable bonds is 4. The molecule has 86 valence electrons. The molecule has 0 unspecified atom stereocenters. The molecule has 1 aromatic rings. The van der Waals surface area contributed by atoms with Crippen molar-refractivity contribution in [3.05, 3.63) is 16.4 Å². The van der Waals surface area contributed by atoms with E-state index >= 15 is 0 Å². The number of hydrogen-bond donors (Lipinski definition) is 1. The standard InChI is InChI=1S/C8H12BrN3O2.ClH/c1-2-14-8(13)6-5-7(9)11-12(6)4-3-10;/h5H,2-4,10H2,1H3;1H. The van der Waals surface area contributed by atoms with Crippen LogP contribution >= 0.6 is 28.3 Å². The van der Waals surface area contributed by atoms with Crippen LogP contribution in [0, 0.1) is 0 Å². The number of carbonyl (C=O) groups excluding carboxylic acids is 1. The predicted molar refractivity (Wildman–Crippen MR) is 62.2 cm³/mol. The van der Waals surface area contributed by atoms with Gasteiger partial charge in [0, 0.05) is 12.6 Å². The number of hydrogen-bond acceptors (Lipinski definition) is 4. The SMILES string of the molecule is CCOC(=O)c1cc(Br)nn1CCN.Cl. The number of esters is 1. The van der Waals surface area contributed by atoms with Crippen molar-refractivity contribution >= 4 is 34.3 Å². The molecule has 0 saturated heterocycles. The molecule has 0 atom stereocenters. The Labute approximate surface area is 102 Å². The van der Waals surface area contributed by atoms with Crippen LogP contribution < -0.4 is 5.73 Å². The van der Waals surface area contributed by atoms with Gasteiger partial charge in [0.05, 0.1) is 13.2 Å². The van der Waals surface area contributed by atoms with Crippen LogP contribution in [0.4, 0.5) is 0 Å². The van der Waals surface area contributed by atoms with E-state index in [0.29, 0.717) is 30.0 Å². The minimum atomic E-state index is -0.376. The van der Waals surface area contributed by atoms with Crippen LogP contribution in [0.25, 0.3) is 0 Å². The fourth-order valence-electron chi connectivity index (χ4n) is 1.05. The van der Waals surface area contributed by atoms with Crippen LogP contribution in [0.3, 0.4) is 0 Å². The maximum atomic E-state index is 11.4. The lowest BCUT2D eigenvalue weighted by atomic mass is 10.4. The van der Waals surface area contributed by atoms with E-state index in [-0.39, 0.29) is 18.4 Å². The van der Waals surface area contributed by atoms with Gasteiger partial charge in [-0.15, -0.1) is 12.4 Å². The van der Waals surface area contributed by atoms with Crippen LogP contribution in [0.1, 0.15) is 17.4 Å². The average Bonchev–Trinajstić information content (AvgIpc) is 2.48. The highest BCUT2D eigenvalue weighted by atomic mass is 79.9. The maximum absolute atomic E-state index is 11.4. The Kier molecular flexibility index (Phi) is 6.55. The van der Waals surface area contributed by atoms with Crippen molar-refractivity contribution in [1.29, 1.82) is 0 Å². The van der Waals surface area contributed by atoms with E-state index in [0.717, 1.165) is 0 Å². The zero-order chi connectivity index (χ0) is 10.6. The Hall–Kier alpha value is -0.590. The molecule has 1 heterocycles. The van der Waals surface area contributed by atoms with Gasteiger partial charge >= 0.3 is 5.97 Å². The summed E-state index contributed by atoms with van der Waals surface area (Å²) < 4.78 is 7.00. The van der Waals surface area contributed by atoms with E-state index in [1.54, 1.807) is 13.0 Å². The first-order valence-electron chi connectivity index (χ1n) is 4.29. The maximum Gasteiger partial charge on any atom is 0.356 e. The van der Waals surface area contributed by atoms with Gasteiger partial charge < -0.3 is 10.5 Å². The Bertz CT molecular complexity index is 330. The fraction of sp³-hybridized carbons (Fsp3) is 0.500. The summed E-state index contributed by atoms with van der Waals surface area (Å²) in [4.78, 5) is 11.4. The first kappa shape index (κ1) is 14.4. The van der Waals surface area contributed by atoms with Crippen molar-refractivity contribution in [2.45, 2.75) is 13.5 Å². The second-order valence-corrected chi connectivity index (χ2v) is 3.40. The molecular formula is C8H13BrClN3O2. The number of carbonyl (C=O) groups is 1. The normalized spacial score (nSPS) is 9.53. The summed E-state index contributed by atoms with van der Waals surface area (Å²) in [6, 6.07) is 1.62. The minimum absolute atomic E-state index is 0. The van der Waals surface area contributed by atoms with Gasteiger partial charge in [0.2, 0.25) is 0 Å². The lowest BCUT2D eigenvalue weighted by Gasteiger charge is -2.04. The lowest BCUT2D eigenvalue weighted by Crippen LogP contribution is -2.17. The number of nitrogens with zero attached hydrogens (tertiary/aromatic N) is 2. The van der Waals surface area contributed by atoms with Crippen molar-refractivity contribution in [2.24, 2.45) is 5.73 Å². The fourth-order valence-corrected chi connectivity index (χ4v) is 1.46. The number of nitrogens with two attached hydrogens (primary N) is 1. The molecule has 15 heavy (non-hydrogen) atoms. The van der Waals surface area contributed by atoms with E-state index in [9.17, 15) is 4.79 Å². The van der Waals surface area contributed by atoms with E-state index in [4.69, 9.17) is 10.5 Å². The third-order valence-electron chi connectivity index (χ3n) is 1.58. The molecule has 0 saturated carbocycles. The van der Waals surface area contributed by atoms with E-state index in [1.165, 1.54) is 4.68 Å². The van der Waals surface area contributed by atoms with Crippen molar-refractivity contribution in [1.82, 2.24) is 9.78 Å². The molecule has 1 aromatic heterocycles.